The second-order valence-electron chi connectivity index (χ2n) is 5.09. The van der Waals surface area contributed by atoms with Gasteiger partial charge in [-0.15, -0.1) is 0 Å². The highest BCUT2D eigenvalue weighted by Crippen LogP contribution is 2.33. The van der Waals surface area contributed by atoms with E-state index in [1.165, 1.54) is 4.68 Å². The van der Waals surface area contributed by atoms with Gasteiger partial charge in [-0.1, -0.05) is 12.1 Å². The van der Waals surface area contributed by atoms with Crippen molar-refractivity contribution < 1.29 is 0 Å². The molecule has 0 fully saturated rings. The monoisotopic (exact) mass is 270 g/mol. The number of hydrogen-bond acceptors (Lipinski definition) is 4. The molecule has 0 saturated carbocycles. The highest BCUT2D eigenvalue weighted by molar-refractivity contribution is 5.85. The van der Waals surface area contributed by atoms with Gasteiger partial charge in [-0.25, -0.2) is 0 Å². The molecule has 6 heteroatoms. The van der Waals surface area contributed by atoms with E-state index in [1.807, 2.05) is 26.2 Å². The molecule has 20 heavy (non-hydrogen) atoms. The summed E-state index contributed by atoms with van der Waals surface area (Å²) in [4.78, 5) is 2.06. The van der Waals surface area contributed by atoms with Crippen LogP contribution in [0.4, 0.5) is 11.5 Å². The number of nitrogens with two attached hydrogens (primary N) is 1. The quantitative estimate of drug-likeness (QED) is 0.568. The van der Waals surface area contributed by atoms with Gasteiger partial charge in [0.15, 0.2) is 0 Å². The number of anilines is 2. The standard InChI is InChI=1S/C14H18N6/c1-19(2)10-5-3-4-9(8-10)12-11-6-7-17-13(11)20(18-12)14(15)16/h3-5,8,17H,6-7H2,1-2H3,(H3,15,16). The van der Waals surface area contributed by atoms with Crippen LogP contribution in [-0.2, 0) is 6.42 Å². The first-order valence-corrected chi connectivity index (χ1v) is 6.56. The maximum Gasteiger partial charge on any atom is 0.215 e. The molecule has 104 valence electrons. The van der Waals surface area contributed by atoms with E-state index in [-0.39, 0.29) is 5.96 Å². The Balaban J connectivity index is 2.13. The molecule has 0 unspecified atom stereocenters. The predicted molar refractivity (Wildman–Crippen MR) is 81.5 cm³/mol. The smallest absolute Gasteiger partial charge is 0.215 e. The Morgan fingerprint density at radius 2 is 2.25 bits per heavy atom. The topological polar surface area (TPSA) is 83.0 Å². The first kappa shape index (κ1) is 12.5. The zero-order valence-corrected chi connectivity index (χ0v) is 11.6. The van der Waals surface area contributed by atoms with Crippen LogP contribution in [0.3, 0.4) is 0 Å². The van der Waals surface area contributed by atoms with Crippen molar-refractivity contribution in [3.8, 4) is 11.3 Å². The number of aromatic nitrogens is 2. The van der Waals surface area contributed by atoms with Gasteiger partial charge in [0.25, 0.3) is 0 Å². The Hall–Kier alpha value is -2.50. The third-order valence-corrected chi connectivity index (χ3v) is 3.52. The van der Waals surface area contributed by atoms with Crippen molar-refractivity contribution in [3.05, 3.63) is 29.8 Å². The lowest BCUT2D eigenvalue weighted by Gasteiger charge is -2.13. The summed E-state index contributed by atoms with van der Waals surface area (Å²) >= 11 is 0. The van der Waals surface area contributed by atoms with E-state index in [1.54, 1.807) is 0 Å². The van der Waals surface area contributed by atoms with Crippen LogP contribution in [0.15, 0.2) is 24.3 Å². The maximum absolute atomic E-state index is 7.62. The number of nitrogens with one attached hydrogen (secondary N) is 2. The van der Waals surface area contributed by atoms with Gasteiger partial charge < -0.3 is 16.0 Å². The van der Waals surface area contributed by atoms with Gasteiger partial charge >= 0.3 is 0 Å². The molecule has 6 nitrogen and oxygen atoms in total. The van der Waals surface area contributed by atoms with Crippen molar-refractivity contribution in [2.24, 2.45) is 5.73 Å². The molecule has 1 aromatic heterocycles. The van der Waals surface area contributed by atoms with E-state index in [0.29, 0.717) is 0 Å². The van der Waals surface area contributed by atoms with Crippen molar-refractivity contribution >= 4 is 17.5 Å². The molecule has 4 N–H and O–H groups in total. The minimum atomic E-state index is -0.0642. The molecule has 0 spiro atoms. The van der Waals surface area contributed by atoms with Crippen LogP contribution >= 0.6 is 0 Å². The fourth-order valence-corrected chi connectivity index (χ4v) is 2.51. The average molecular weight is 270 g/mol. The van der Waals surface area contributed by atoms with E-state index >= 15 is 0 Å². The zero-order valence-electron chi connectivity index (χ0n) is 11.6. The van der Waals surface area contributed by atoms with Crippen LogP contribution in [0.25, 0.3) is 11.3 Å². The van der Waals surface area contributed by atoms with E-state index < -0.39 is 0 Å². The van der Waals surface area contributed by atoms with Crippen molar-refractivity contribution in [1.82, 2.24) is 9.78 Å². The molecule has 1 aliphatic rings. The summed E-state index contributed by atoms with van der Waals surface area (Å²) in [5, 5.41) is 15.4. The van der Waals surface area contributed by atoms with Gasteiger partial charge in [-0.3, -0.25) is 5.41 Å². The number of nitrogen functional groups attached to an aromatic ring is 1. The lowest BCUT2D eigenvalue weighted by molar-refractivity contribution is 0.910. The number of benzene rings is 1. The van der Waals surface area contributed by atoms with Crippen LogP contribution in [0.2, 0.25) is 0 Å². The van der Waals surface area contributed by atoms with Gasteiger partial charge in [-0.2, -0.15) is 9.78 Å². The first-order chi connectivity index (χ1) is 9.58. The fourth-order valence-electron chi connectivity index (χ4n) is 2.51. The van der Waals surface area contributed by atoms with Crippen molar-refractivity contribution in [2.75, 3.05) is 30.9 Å². The van der Waals surface area contributed by atoms with Crippen LogP contribution in [-0.4, -0.2) is 36.4 Å². The largest absolute Gasteiger partial charge is 0.378 e. The third-order valence-electron chi connectivity index (χ3n) is 3.52. The summed E-state index contributed by atoms with van der Waals surface area (Å²) < 4.78 is 1.47. The van der Waals surface area contributed by atoms with Gasteiger partial charge in [0.1, 0.15) is 5.82 Å². The summed E-state index contributed by atoms with van der Waals surface area (Å²) in [5.41, 5.74) is 9.81. The lowest BCUT2D eigenvalue weighted by atomic mass is 10.1. The van der Waals surface area contributed by atoms with Gasteiger partial charge in [-0.05, 0) is 18.6 Å². The first-order valence-electron chi connectivity index (χ1n) is 6.56. The molecule has 2 heterocycles. The molecule has 1 aromatic carbocycles. The second-order valence-corrected chi connectivity index (χ2v) is 5.09. The molecule has 0 amide bonds. The summed E-state index contributed by atoms with van der Waals surface area (Å²) in [7, 11) is 4.03. The Morgan fingerprint density at radius 3 is 2.95 bits per heavy atom. The van der Waals surface area contributed by atoms with Gasteiger partial charge in [0, 0.05) is 37.5 Å². The molecule has 0 radical (unpaired) electrons. The second kappa shape index (κ2) is 4.56. The van der Waals surface area contributed by atoms with Crippen LogP contribution < -0.4 is 16.0 Å². The molecule has 1 aliphatic heterocycles. The highest BCUT2D eigenvalue weighted by Gasteiger charge is 2.24. The van der Waals surface area contributed by atoms with E-state index in [4.69, 9.17) is 11.1 Å². The summed E-state index contributed by atoms with van der Waals surface area (Å²) in [6.45, 7) is 0.862. The predicted octanol–water partition coefficient (Wildman–Crippen LogP) is 1.33. The molecular weight excluding hydrogens is 252 g/mol. The Kier molecular flexibility index (Phi) is 2.85. The summed E-state index contributed by atoms with van der Waals surface area (Å²) in [6.07, 6.45) is 0.907. The van der Waals surface area contributed by atoms with E-state index in [2.05, 4.69) is 27.4 Å². The number of rotatable bonds is 2. The van der Waals surface area contributed by atoms with E-state index in [9.17, 15) is 0 Å². The Morgan fingerprint density at radius 1 is 1.45 bits per heavy atom. The molecule has 3 rings (SSSR count). The minimum Gasteiger partial charge on any atom is -0.378 e. The highest BCUT2D eigenvalue weighted by atomic mass is 15.4. The van der Waals surface area contributed by atoms with Gasteiger partial charge in [0.05, 0.1) is 5.69 Å². The van der Waals surface area contributed by atoms with Crippen molar-refractivity contribution in [2.45, 2.75) is 6.42 Å². The minimum absolute atomic E-state index is 0.0642. The summed E-state index contributed by atoms with van der Waals surface area (Å²) in [5.74, 6) is 0.786. The summed E-state index contributed by atoms with van der Waals surface area (Å²) in [6, 6.07) is 8.22. The normalized spacial score (nSPS) is 12.9. The van der Waals surface area contributed by atoms with Crippen molar-refractivity contribution in [3.63, 3.8) is 0 Å². The Labute approximate surface area is 117 Å². The lowest BCUT2D eigenvalue weighted by Crippen LogP contribution is -2.23. The average Bonchev–Trinajstić information content (AvgIpc) is 2.99. The zero-order chi connectivity index (χ0) is 14.3. The van der Waals surface area contributed by atoms with Crippen LogP contribution in [0.5, 0.6) is 0 Å². The van der Waals surface area contributed by atoms with E-state index in [0.717, 1.165) is 41.3 Å². The van der Waals surface area contributed by atoms with Crippen molar-refractivity contribution in [1.29, 1.82) is 5.41 Å². The van der Waals surface area contributed by atoms with Crippen LogP contribution in [0.1, 0.15) is 5.56 Å². The van der Waals surface area contributed by atoms with Gasteiger partial charge in [0.2, 0.25) is 5.96 Å². The molecule has 2 aromatic rings. The molecular formula is C14H18N6. The number of fused-ring (bicyclic) bond motifs is 1. The molecule has 0 aliphatic carbocycles. The fraction of sp³-hybridized carbons (Fsp3) is 0.286. The molecule has 0 saturated heterocycles. The maximum atomic E-state index is 7.62. The molecule has 0 bridgehead atoms. The number of hydrogen-bond donors (Lipinski definition) is 3. The Bertz CT molecular complexity index is 670. The third kappa shape index (κ3) is 1.89. The SMILES string of the molecule is CN(C)c1cccc(-c2nn(C(=N)N)c3c2CCN3)c1. The number of nitrogens with zero attached hydrogens (tertiary/aromatic N) is 3. The molecule has 0 atom stereocenters. The van der Waals surface area contributed by atoms with Crippen LogP contribution in [0, 0.1) is 5.41 Å².